The Kier molecular flexibility index (Phi) is 4.92. The molecular formula is C13H19Br2NOS. The number of ether oxygens (including phenoxy) is 1. The van der Waals surface area contributed by atoms with Gasteiger partial charge in [0.05, 0.1) is 9.89 Å². The molecule has 1 aromatic heterocycles. The van der Waals surface area contributed by atoms with Gasteiger partial charge < -0.3 is 10.1 Å². The van der Waals surface area contributed by atoms with Crippen molar-refractivity contribution in [2.75, 3.05) is 13.2 Å². The minimum Gasteiger partial charge on any atom is -0.372 e. The van der Waals surface area contributed by atoms with Crippen molar-refractivity contribution in [3.8, 4) is 0 Å². The molecule has 0 radical (unpaired) electrons. The van der Waals surface area contributed by atoms with E-state index in [1.165, 1.54) is 4.88 Å². The predicted molar refractivity (Wildman–Crippen MR) is 84.3 cm³/mol. The third kappa shape index (κ3) is 3.79. The van der Waals surface area contributed by atoms with E-state index in [1.54, 1.807) is 11.3 Å². The van der Waals surface area contributed by atoms with E-state index in [9.17, 15) is 0 Å². The average Bonchev–Trinajstić information content (AvgIpc) is 2.82. The highest BCUT2D eigenvalue weighted by atomic mass is 79.9. The lowest BCUT2D eigenvalue weighted by Gasteiger charge is -2.25. The van der Waals surface area contributed by atoms with Gasteiger partial charge in [-0.25, -0.2) is 0 Å². The third-order valence-electron chi connectivity index (χ3n) is 3.05. The fourth-order valence-corrected chi connectivity index (χ4v) is 4.33. The van der Waals surface area contributed by atoms with E-state index in [0.717, 1.165) is 27.8 Å². The first-order valence-corrected chi connectivity index (χ1v) is 8.58. The van der Waals surface area contributed by atoms with Gasteiger partial charge in [-0.15, -0.1) is 11.3 Å². The van der Waals surface area contributed by atoms with Crippen molar-refractivity contribution < 1.29 is 4.74 Å². The zero-order valence-electron chi connectivity index (χ0n) is 10.9. The zero-order valence-corrected chi connectivity index (χ0v) is 14.9. The second-order valence-corrected chi connectivity index (χ2v) is 9.00. The first kappa shape index (κ1) is 15.0. The number of thiophene rings is 1. The lowest BCUT2D eigenvalue weighted by molar-refractivity contribution is 0.0917. The fraction of sp³-hybridized carbons (Fsp3) is 0.692. The van der Waals surface area contributed by atoms with Crippen LogP contribution in [-0.2, 0) is 4.74 Å². The van der Waals surface area contributed by atoms with Gasteiger partial charge in [0.15, 0.2) is 0 Å². The first-order chi connectivity index (χ1) is 8.37. The van der Waals surface area contributed by atoms with Crippen molar-refractivity contribution in [1.82, 2.24) is 5.32 Å². The van der Waals surface area contributed by atoms with Crippen LogP contribution in [0.3, 0.4) is 0 Å². The maximum atomic E-state index is 5.91. The van der Waals surface area contributed by atoms with Crippen molar-refractivity contribution in [1.29, 1.82) is 0 Å². The number of nitrogens with one attached hydrogen (secondary N) is 1. The smallest absolute Gasteiger partial charge is 0.0958 e. The van der Waals surface area contributed by atoms with Crippen LogP contribution in [0.4, 0.5) is 0 Å². The fourth-order valence-electron chi connectivity index (χ4n) is 2.10. The molecule has 2 unspecified atom stereocenters. The van der Waals surface area contributed by atoms with Gasteiger partial charge in [-0.05, 0) is 65.1 Å². The Balaban J connectivity index is 2.03. The number of hydrogen-bond acceptors (Lipinski definition) is 3. The number of halogens is 2. The Morgan fingerprint density at radius 3 is 2.72 bits per heavy atom. The Bertz CT molecular complexity index is 394. The molecule has 0 aliphatic carbocycles. The Hall–Kier alpha value is 0.580. The van der Waals surface area contributed by atoms with Crippen molar-refractivity contribution >= 4 is 43.2 Å². The molecule has 1 aliphatic heterocycles. The van der Waals surface area contributed by atoms with Crippen LogP contribution < -0.4 is 5.32 Å². The van der Waals surface area contributed by atoms with Gasteiger partial charge >= 0.3 is 0 Å². The van der Waals surface area contributed by atoms with Crippen molar-refractivity contribution in [2.45, 2.75) is 38.8 Å². The topological polar surface area (TPSA) is 21.3 Å². The van der Waals surface area contributed by atoms with E-state index in [-0.39, 0.29) is 11.6 Å². The molecule has 102 valence electrons. The maximum Gasteiger partial charge on any atom is 0.0958 e. The highest BCUT2D eigenvalue weighted by molar-refractivity contribution is 9.13. The molecule has 2 nitrogen and oxygen atoms in total. The van der Waals surface area contributed by atoms with Crippen LogP contribution in [0.5, 0.6) is 0 Å². The molecule has 0 spiro atoms. The maximum absolute atomic E-state index is 5.91. The van der Waals surface area contributed by atoms with E-state index in [1.807, 2.05) is 0 Å². The van der Waals surface area contributed by atoms with Crippen LogP contribution in [0.15, 0.2) is 14.3 Å². The first-order valence-electron chi connectivity index (χ1n) is 6.18. The number of rotatable bonds is 3. The molecule has 1 aromatic rings. The minimum atomic E-state index is 0.170. The third-order valence-corrected chi connectivity index (χ3v) is 6.37. The molecular weight excluding hydrogens is 378 g/mol. The summed E-state index contributed by atoms with van der Waals surface area (Å²) >= 11 is 8.87. The Labute approximate surface area is 130 Å². The molecule has 1 saturated heterocycles. The monoisotopic (exact) mass is 395 g/mol. The zero-order chi connectivity index (χ0) is 13.3. The summed E-state index contributed by atoms with van der Waals surface area (Å²) in [7, 11) is 0. The van der Waals surface area contributed by atoms with Gasteiger partial charge in [0, 0.05) is 34.0 Å². The van der Waals surface area contributed by atoms with Crippen LogP contribution in [0, 0.1) is 5.92 Å². The molecule has 0 amide bonds. The quantitative estimate of drug-likeness (QED) is 0.796. The molecule has 1 N–H and O–H groups in total. The summed E-state index contributed by atoms with van der Waals surface area (Å²) in [6.07, 6.45) is 1.38. The minimum absolute atomic E-state index is 0.170. The summed E-state index contributed by atoms with van der Waals surface area (Å²) in [4.78, 5) is 1.31. The SMILES string of the molecule is CC(C)(C)NCC1CCOC1c1cc(Br)c(Br)s1. The normalized spacial score (nSPS) is 24.7. The molecule has 5 heteroatoms. The second-order valence-electron chi connectivity index (χ2n) is 5.74. The van der Waals surface area contributed by atoms with Gasteiger partial charge in [-0.1, -0.05) is 0 Å². The Morgan fingerprint density at radius 1 is 1.44 bits per heavy atom. The Morgan fingerprint density at radius 2 is 2.17 bits per heavy atom. The molecule has 2 heterocycles. The van der Waals surface area contributed by atoms with E-state index < -0.39 is 0 Å². The van der Waals surface area contributed by atoms with Gasteiger partial charge in [-0.2, -0.15) is 0 Å². The van der Waals surface area contributed by atoms with Gasteiger partial charge in [0.1, 0.15) is 0 Å². The summed E-state index contributed by atoms with van der Waals surface area (Å²) in [5.41, 5.74) is 0.170. The molecule has 2 atom stereocenters. The van der Waals surface area contributed by atoms with Crippen molar-refractivity contribution in [3.05, 3.63) is 19.2 Å². The van der Waals surface area contributed by atoms with Gasteiger partial charge in [0.2, 0.25) is 0 Å². The summed E-state index contributed by atoms with van der Waals surface area (Å²) in [5.74, 6) is 0.571. The average molecular weight is 397 g/mol. The molecule has 18 heavy (non-hydrogen) atoms. The van der Waals surface area contributed by atoms with Crippen molar-refractivity contribution in [2.24, 2.45) is 5.92 Å². The second kappa shape index (κ2) is 5.92. The molecule has 0 bridgehead atoms. The van der Waals surface area contributed by atoms with Crippen LogP contribution in [0.2, 0.25) is 0 Å². The van der Waals surface area contributed by atoms with Gasteiger partial charge in [0.25, 0.3) is 0 Å². The van der Waals surface area contributed by atoms with Gasteiger partial charge in [-0.3, -0.25) is 0 Å². The molecule has 1 fully saturated rings. The van der Waals surface area contributed by atoms with Crippen LogP contribution in [-0.4, -0.2) is 18.7 Å². The van der Waals surface area contributed by atoms with Crippen molar-refractivity contribution in [3.63, 3.8) is 0 Å². The lowest BCUT2D eigenvalue weighted by atomic mass is 9.98. The largest absolute Gasteiger partial charge is 0.372 e. The van der Waals surface area contributed by atoms with Crippen LogP contribution in [0.1, 0.15) is 38.2 Å². The summed E-state index contributed by atoms with van der Waals surface area (Å²) in [6.45, 7) is 8.50. The molecule has 2 rings (SSSR count). The lowest BCUT2D eigenvalue weighted by Crippen LogP contribution is -2.39. The number of hydrogen-bond donors (Lipinski definition) is 1. The van der Waals surface area contributed by atoms with E-state index in [0.29, 0.717) is 5.92 Å². The van der Waals surface area contributed by atoms with Crippen LogP contribution in [0.25, 0.3) is 0 Å². The predicted octanol–water partition coefficient (Wildman–Crippen LogP) is 4.74. The highest BCUT2D eigenvalue weighted by Gasteiger charge is 2.31. The summed E-state index contributed by atoms with van der Waals surface area (Å²) in [6, 6.07) is 2.18. The molecule has 0 saturated carbocycles. The van der Waals surface area contributed by atoms with E-state index in [2.05, 4.69) is 64.0 Å². The van der Waals surface area contributed by atoms with E-state index >= 15 is 0 Å². The van der Waals surface area contributed by atoms with Crippen LogP contribution >= 0.6 is 43.2 Å². The highest BCUT2D eigenvalue weighted by Crippen LogP contribution is 2.42. The van der Waals surface area contributed by atoms with E-state index in [4.69, 9.17) is 4.74 Å². The molecule has 0 aromatic carbocycles. The summed E-state index contributed by atoms with van der Waals surface area (Å²) < 4.78 is 8.19. The molecule has 1 aliphatic rings. The summed E-state index contributed by atoms with van der Waals surface area (Å²) in [5, 5.41) is 3.59. The standard InChI is InChI=1S/C13H19Br2NOS/c1-13(2,3)16-7-8-4-5-17-11(8)10-6-9(14)12(15)18-10/h6,8,11,16H,4-5,7H2,1-3H3.